The molecule has 0 atom stereocenters. The zero-order chi connectivity index (χ0) is 12.4. The maximum atomic E-state index is 5.37. The summed E-state index contributed by atoms with van der Waals surface area (Å²) in [6, 6.07) is 1.99. The fourth-order valence-electron chi connectivity index (χ4n) is 2.38. The lowest BCUT2D eigenvalue weighted by atomic mass is 10.0. The van der Waals surface area contributed by atoms with Gasteiger partial charge in [-0.05, 0) is 24.8 Å². The maximum absolute atomic E-state index is 5.37. The predicted octanol–water partition coefficient (Wildman–Crippen LogP) is 1.81. The van der Waals surface area contributed by atoms with Gasteiger partial charge in [-0.3, -0.25) is 0 Å². The van der Waals surface area contributed by atoms with Crippen LogP contribution in [0.15, 0.2) is 18.6 Å². The van der Waals surface area contributed by atoms with Crippen LogP contribution in [0, 0.1) is 5.92 Å². The lowest BCUT2D eigenvalue weighted by Crippen LogP contribution is -2.23. The van der Waals surface area contributed by atoms with Crippen LogP contribution in [0.3, 0.4) is 0 Å². The van der Waals surface area contributed by atoms with Crippen molar-refractivity contribution in [3.63, 3.8) is 0 Å². The number of anilines is 1. The second-order valence-corrected chi connectivity index (χ2v) is 4.82. The Hall–Kier alpha value is -1.62. The van der Waals surface area contributed by atoms with Gasteiger partial charge in [0.05, 0.1) is 11.8 Å². The Bertz CT molecular complexity index is 531. The van der Waals surface area contributed by atoms with Crippen LogP contribution >= 0.6 is 0 Å². The molecule has 0 spiro atoms. The molecule has 0 saturated carbocycles. The van der Waals surface area contributed by atoms with E-state index in [4.69, 9.17) is 4.74 Å². The minimum absolute atomic E-state index is 0.680. The lowest BCUT2D eigenvalue weighted by Gasteiger charge is -2.22. The Labute approximate surface area is 106 Å². The van der Waals surface area contributed by atoms with Crippen LogP contribution in [-0.2, 0) is 11.8 Å². The van der Waals surface area contributed by atoms with Crippen molar-refractivity contribution in [1.29, 1.82) is 0 Å². The molecule has 3 heterocycles. The van der Waals surface area contributed by atoms with Crippen LogP contribution in [0.2, 0.25) is 0 Å². The van der Waals surface area contributed by atoms with Gasteiger partial charge in [0.15, 0.2) is 5.82 Å². The summed E-state index contributed by atoms with van der Waals surface area (Å²) < 4.78 is 7.38. The van der Waals surface area contributed by atoms with E-state index in [1.54, 1.807) is 0 Å². The molecule has 18 heavy (non-hydrogen) atoms. The third-order valence-corrected chi connectivity index (χ3v) is 3.54. The average molecular weight is 246 g/mol. The second kappa shape index (κ2) is 4.94. The van der Waals surface area contributed by atoms with E-state index in [9.17, 15) is 0 Å². The maximum Gasteiger partial charge on any atom is 0.154 e. The number of pyridine rings is 1. The number of aromatic nitrogens is 3. The number of ether oxygens (including phenoxy) is 1. The quantitative estimate of drug-likeness (QED) is 0.897. The Morgan fingerprint density at radius 1 is 1.39 bits per heavy atom. The molecule has 1 fully saturated rings. The first kappa shape index (κ1) is 11.5. The van der Waals surface area contributed by atoms with Gasteiger partial charge in [-0.15, -0.1) is 0 Å². The van der Waals surface area contributed by atoms with Crippen molar-refractivity contribution in [3.05, 3.63) is 18.6 Å². The summed E-state index contributed by atoms with van der Waals surface area (Å²) in [6.45, 7) is 2.72. The van der Waals surface area contributed by atoms with Gasteiger partial charge in [0.2, 0.25) is 0 Å². The summed E-state index contributed by atoms with van der Waals surface area (Å²) in [4.78, 5) is 8.78. The predicted molar refractivity (Wildman–Crippen MR) is 70.5 cm³/mol. The third-order valence-electron chi connectivity index (χ3n) is 3.54. The first-order valence-electron chi connectivity index (χ1n) is 6.42. The van der Waals surface area contributed by atoms with Crippen LogP contribution in [0.1, 0.15) is 12.8 Å². The van der Waals surface area contributed by atoms with E-state index in [1.807, 2.05) is 30.2 Å². The molecule has 3 rings (SSSR count). The number of rotatable bonds is 3. The van der Waals surface area contributed by atoms with E-state index in [-0.39, 0.29) is 0 Å². The van der Waals surface area contributed by atoms with Crippen molar-refractivity contribution in [2.24, 2.45) is 13.0 Å². The topological polar surface area (TPSA) is 52.0 Å². The zero-order valence-electron chi connectivity index (χ0n) is 10.6. The van der Waals surface area contributed by atoms with Gasteiger partial charge in [0, 0.05) is 33.0 Å². The van der Waals surface area contributed by atoms with Crippen LogP contribution in [-0.4, -0.2) is 34.3 Å². The number of hydrogen-bond donors (Lipinski definition) is 1. The van der Waals surface area contributed by atoms with Gasteiger partial charge in [-0.1, -0.05) is 0 Å². The molecule has 1 aliphatic heterocycles. The summed E-state index contributed by atoms with van der Waals surface area (Å²) >= 11 is 0. The van der Waals surface area contributed by atoms with Crippen LogP contribution in [0.25, 0.3) is 11.0 Å². The highest BCUT2D eigenvalue weighted by Crippen LogP contribution is 2.20. The van der Waals surface area contributed by atoms with Crippen LogP contribution in [0.4, 0.5) is 5.82 Å². The lowest BCUT2D eigenvalue weighted by molar-refractivity contribution is 0.0699. The number of fused-ring (bicyclic) bond motifs is 1. The SMILES string of the molecule is Cn1cnc2c(NCC3CCOCC3)nccc21. The highest BCUT2D eigenvalue weighted by atomic mass is 16.5. The summed E-state index contributed by atoms with van der Waals surface area (Å²) in [6.07, 6.45) is 5.92. The average Bonchev–Trinajstić information content (AvgIpc) is 2.80. The van der Waals surface area contributed by atoms with Crippen LogP contribution in [0.5, 0.6) is 0 Å². The molecule has 2 aromatic heterocycles. The van der Waals surface area contributed by atoms with E-state index < -0.39 is 0 Å². The molecule has 0 bridgehead atoms. The number of nitrogens with zero attached hydrogens (tertiary/aromatic N) is 3. The molecule has 1 saturated heterocycles. The highest BCUT2D eigenvalue weighted by molar-refractivity contribution is 5.85. The van der Waals surface area contributed by atoms with Crippen molar-refractivity contribution in [3.8, 4) is 0 Å². The molecule has 0 unspecified atom stereocenters. The second-order valence-electron chi connectivity index (χ2n) is 4.82. The van der Waals surface area contributed by atoms with Crippen molar-refractivity contribution < 1.29 is 4.74 Å². The summed E-state index contributed by atoms with van der Waals surface area (Å²) in [5.74, 6) is 1.57. The molecular weight excluding hydrogens is 228 g/mol. The normalized spacial score (nSPS) is 17.2. The smallest absolute Gasteiger partial charge is 0.154 e. The van der Waals surface area contributed by atoms with E-state index in [0.717, 1.165) is 49.5 Å². The molecule has 0 aliphatic carbocycles. The Kier molecular flexibility index (Phi) is 3.15. The van der Waals surface area contributed by atoms with E-state index >= 15 is 0 Å². The monoisotopic (exact) mass is 246 g/mol. The Morgan fingerprint density at radius 3 is 3.06 bits per heavy atom. The van der Waals surface area contributed by atoms with Crippen molar-refractivity contribution in [1.82, 2.24) is 14.5 Å². The molecule has 5 nitrogen and oxygen atoms in total. The molecule has 1 aliphatic rings. The van der Waals surface area contributed by atoms with Crippen LogP contribution < -0.4 is 5.32 Å². The number of imidazole rings is 1. The highest BCUT2D eigenvalue weighted by Gasteiger charge is 2.14. The zero-order valence-corrected chi connectivity index (χ0v) is 10.6. The molecule has 96 valence electrons. The molecule has 5 heteroatoms. The molecule has 0 amide bonds. The fraction of sp³-hybridized carbons (Fsp3) is 0.538. The van der Waals surface area contributed by atoms with Gasteiger partial charge in [-0.25, -0.2) is 9.97 Å². The summed E-state index contributed by atoms with van der Waals surface area (Å²) in [7, 11) is 2.00. The number of hydrogen-bond acceptors (Lipinski definition) is 4. The summed E-state index contributed by atoms with van der Waals surface area (Å²) in [5.41, 5.74) is 2.06. The standard InChI is InChI=1S/C13H18N4O/c1-17-9-16-12-11(17)2-5-14-13(12)15-8-10-3-6-18-7-4-10/h2,5,9-10H,3-4,6-8H2,1H3,(H,14,15). The Morgan fingerprint density at radius 2 is 2.22 bits per heavy atom. The van der Waals surface area contributed by atoms with E-state index in [1.165, 1.54) is 0 Å². The van der Waals surface area contributed by atoms with Crippen molar-refractivity contribution in [2.75, 3.05) is 25.1 Å². The number of nitrogens with one attached hydrogen (secondary N) is 1. The minimum atomic E-state index is 0.680. The van der Waals surface area contributed by atoms with Crippen molar-refractivity contribution >= 4 is 16.9 Å². The van der Waals surface area contributed by atoms with Crippen molar-refractivity contribution in [2.45, 2.75) is 12.8 Å². The molecule has 2 aromatic rings. The molecule has 0 aromatic carbocycles. The largest absolute Gasteiger partial charge is 0.381 e. The first-order valence-corrected chi connectivity index (χ1v) is 6.42. The van der Waals surface area contributed by atoms with Gasteiger partial charge in [-0.2, -0.15) is 0 Å². The first-order chi connectivity index (χ1) is 8.84. The van der Waals surface area contributed by atoms with Gasteiger partial charge < -0.3 is 14.6 Å². The van der Waals surface area contributed by atoms with E-state index in [0.29, 0.717) is 5.92 Å². The molecule has 1 N–H and O–H groups in total. The molecular formula is C13H18N4O. The van der Waals surface area contributed by atoms with Gasteiger partial charge in [0.1, 0.15) is 5.52 Å². The summed E-state index contributed by atoms with van der Waals surface area (Å²) in [5, 5.41) is 3.43. The van der Waals surface area contributed by atoms with E-state index in [2.05, 4.69) is 15.3 Å². The molecule has 0 radical (unpaired) electrons. The third kappa shape index (κ3) is 2.18. The number of aryl methyl sites for hydroxylation is 1. The fourth-order valence-corrected chi connectivity index (χ4v) is 2.38. The Balaban J connectivity index is 1.74. The van der Waals surface area contributed by atoms with Gasteiger partial charge in [0.25, 0.3) is 0 Å². The minimum Gasteiger partial charge on any atom is -0.381 e. The van der Waals surface area contributed by atoms with Gasteiger partial charge >= 0.3 is 0 Å².